The third-order valence-electron chi connectivity index (χ3n) is 2.73. The maximum atomic E-state index is 13.9. The van der Waals surface area contributed by atoms with Crippen molar-refractivity contribution in [1.29, 1.82) is 0 Å². The molecule has 5 heteroatoms. The average molecular weight is 408 g/mol. The molecule has 1 atom stereocenters. The van der Waals surface area contributed by atoms with Gasteiger partial charge in [0, 0.05) is 14.5 Å². The molecule has 0 spiro atoms. The van der Waals surface area contributed by atoms with Gasteiger partial charge in [-0.15, -0.1) is 0 Å². The lowest BCUT2D eigenvalue weighted by Gasteiger charge is -2.17. The molecule has 0 aliphatic rings. The monoisotopic (exact) mass is 405 g/mol. The van der Waals surface area contributed by atoms with Crippen molar-refractivity contribution in [2.75, 3.05) is 5.32 Å². The summed E-state index contributed by atoms with van der Waals surface area (Å²) in [5, 5.41) is 3.81. The van der Waals surface area contributed by atoms with Crippen molar-refractivity contribution in [3.63, 3.8) is 0 Å². The van der Waals surface area contributed by atoms with E-state index in [1.165, 1.54) is 6.07 Å². The molecule has 2 aromatic rings. The standard InChI is InChI=1S/C14H11Br2ClFN/c1-8(11-4-2-9(15)6-13(11)18)19-14-7-10(16)3-5-12(14)17/h2-8,19H,1H3. The predicted octanol–water partition coefficient (Wildman–Crippen LogP) is 6.18. The molecule has 1 unspecified atom stereocenters. The first-order valence-electron chi connectivity index (χ1n) is 5.64. The number of hydrogen-bond donors (Lipinski definition) is 1. The van der Waals surface area contributed by atoms with E-state index in [0.29, 0.717) is 10.6 Å². The molecule has 100 valence electrons. The molecule has 0 heterocycles. The van der Waals surface area contributed by atoms with Crippen molar-refractivity contribution in [2.24, 2.45) is 0 Å². The molecule has 0 aliphatic carbocycles. The van der Waals surface area contributed by atoms with E-state index in [4.69, 9.17) is 11.6 Å². The summed E-state index contributed by atoms with van der Waals surface area (Å²) in [6.45, 7) is 1.89. The summed E-state index contributed by atoms with van der Waals surface area (Å²) in [7, 11) is 0. The van der Waals surface area contributed by atoms with Gasteiger partial charge in [-0.25, -0.2) is 4.39 Å². The molecule has 19 heavy (non-hydrogen) atoms. The Hall–Kier alpha value is -0.580. The molecule has 0 fully saturated rings. The van der Waals surface area contributed by atoms with Gasteiger partial charge in [-0.05, 0) is 37.3 Å². The molecule has 0 bridgehead atoms. The summed E-state index contributed by atoms with van der Waals surface area (Å²) in [6, 6.07) is 10.4. The van der Waals surface area contributed by atoms with Gasteiger partial charge >= 0.3 is 0 Å². The number of rotatable bonds is 3. The molecular weight excluding hydrogens is 396 g/mol. The summed E-state index contributed by atoms with van der Waals surface area (Å²) < 4.78 is 15.5. The van der Waals surface area contributed by atoms with E-state index < -0.39 is 0 Å². The molecule has 1 nitrogen and oxygen atoms in total. The Morgan fingerprint density at radius 2 is 1.74 bits per heavy atom. The van der Waals surface area contributed by atoms with Crippen LogP contribution in [0.3, 0.4) is 0 Å². The Labute approximate surface area is 133 Å². The molecular formula is C14H11Br2ClFN. The van der Waals surface area contributed by atoms with E-state index >= 15 is 0 Å². The number of halogens is 4. The molecule has 0 aromatic heterocycles. The van der Waals surface area contributed by atoms with Crippen molar-refractivity contribution in [3.8, 4) is 0 Å². The number of anilines is 1. The zero-order chi connectivity index (χ0) is 14.0. The largest absolute Gasteiger partial charge is 0.377 e. The summed E-state index contributed by atoms with van der Waals surface area (Å²) in [5.41, 5.74) is 1.37. The average Bonchev–Trinajstić information content (AvgIpc) is 2.33. The van der Waals surface area contributed by atoms with Crippen LogP contribution in [-0.4, -0.2) is 0 Å². The van der Waals surface area contributed by atoms with Gasteiger partial charge in [-0.1, -0.05) is 49.5 Å². The van der Waals surface area contributed by atoms with E-state index in [-0.39, 0.29) is 11.9 Å². The fourth-order valence-electron chi connectivity index (χ4n) is 1.77. The second-order valence-corrected chi connectivity index (χ2v) is 6.39. The van der Waals surface area contributed by atoms with Gasteiger partial charge in [-0.2, -0.15) is 0 Å². The number of nitrogens with one attached hydrogen (secondary N) is 1. The molecule has 0 saturated heterocycles. The van der Waals surface area contributed by atoms with Crippen LogP contribution in [0.25, 0.3) is 0 Å². The normalized spacial score (nSPS) is 12.3. The van der Waals surface area contributed by atoms with Crippen LogP contribution in [0.4, 0.5) is 10.1 Å². The van der Waals surface area contributed by atoms with Crippen molar-refractivity contribution < 1.29 is 4.39 Å². The minimum atomic E-state index is -0.250. The maximum absolute atomic E-state index is 13.9. The van der Waals surface area contributed by atoms with Gasteiger partial charge in [-0.3, -0.25) is 0 Å². The third kappa shape index (κ3) is 3.71. The quantitative estimate of drug-likeness (QED) is 0.641. The summed E-state index contributed by atoms with van der Waals surface area (Å²) in [5.74, 6) is -0.250. The number of benzene rings is 2. The zero-order valence-electron chi connectivity index (χ0n) is 10.1. The van der Waals surface area contributed by atoms with Crippen LogP contribution in [0.1, 0.15) is 18.5 Å². The lowest BCUT2D eigenvalue weighted by Crippen LogP contribution is -2.09. The Morgan fingerprint density at radius 3 is 2.42 bits per heavy atom. The smallest absolute Gasteiger partial charge is 0.129 e. The highest BCUT2D eigenvalue weighted by Gasteiger charge is 2.12. The minimum Gasteiger partial charge on any atom is -0.377 e. The second kappa shape index (κ2) is 6.25. The fraction of sp³-hybridized carbons (Fsp3) is 0.143. The van der Waals surface area contributed by atoms with Crippen LogP contribution in [0, 0.1) is 5.82 Å². The van der Waals surface area contributed by atoms with Crippen LogP contribution >= 0.6 is 43.5 Å². The predicted molar refractivity (Wildman–Crippen MR) is 85.3 cm³/mol. The Morgan fingerprint density at radius 1 is 1.11 bits per heavy atom. The molecule has 1 N–H and O–H groups in total. The van der Waals surface area contributed by atoms with E-state index in [2.05, 4.69) is 37.2 Å². The molecule has 2 aromatic carbocycles. The highest BCUT2D eigenvalue weighted by molar-refractivity contribution is 9.10. The maximum Gasteiger partial charge on any atom is 0.129 e. The molecule has 0 saturated carbocycles. The van der Waals surface area contributed by atoms with E-state index in [9.17, 15) is 4.39 Å². The minimum absolute atomic E-state index is 0.181. The second-order valence-electron chi connectivity index (χ2n) is 4.16. The third-order valence-corrected chi connectivity index (χ3v) is 4.05. The summed E-state index contributed by atoms with van der Waals surface area (Å²) >= 11 is 12.7. The Balaban J connectivity index is 2.25. The molecule has 0 amide bonds. The lowest BCUT2D eigenvalue weighted by atomic mass is 10.1. The van der Waals surface area contributed by atoms with Gasteiger partial charge in [0.25, 0.3) is 0 Å². The van der Waals surface area contributed by atoms with Crippen LogP contribution in [0.15, 0.2) is 45.3 Å². The van der Waals surface area contributed by atoms with Gasteiger partial charge in [0.15, 0.2) is 0 Å². The first kappa shape index (κ1) is 14.8. The van der Waals surface area contributed by atoms with Crippen molar-refractivity contribution in [1.82, 2.24) is 0 Å². The zero-order valence-corrected chi connectivity index (χ0v) is 14.0. The first-order chi connectivity index (χ1) is 8.97. The van der Waals surface area contributed by atoms with Gasteiger partial charge in [0.1, 0.15) is 5.82 Å². The van der Waals surface area contributed by atoms with Gasteiger partial charge < -0.3 is 5.32 Å². The number of hydrogen-bond acceptors (Lipinski definition) is 1. The highest BCUT2D eigenvalue weighted by atomic mass is 79.9. The van der Waals surface area contributed by atoms with Crippen LogP contribution < -0.4 is 5.32 Å². The molecule has 0 aliphatic heterocycles. The SMILES string of the molecule is CC(Nc1cc(Br)ccc1Cl)c1ccc(Br)cc1F. The van der Waals surface area contributed by atoms with E-state index in [1.807, 2.05) is 25.1 Å². The summed E-state index contributed by atoms with van der Waals surface area (Å²) in [4.78, 5) is 0. The van der Waals surface area contributed by atoms with Crippen LogP contribution in [-0.2, 0) is 0 Å². The van der Waals surface area contributed by atoms with E-state index in [1.54, 1.807) is 12.1 Å². The topological polar surface area (TPSA) is 12.0 Å². The highest BCUT2D eigenvalue weighted by Crippen LogP contribution is 2.30. The lowest BCUT2D eigenvalue weighted by molar-refractivity contribution is 0.599. The fourth-order valence-corrected chi connectivity index (χ4v) is 2.64. The molecule has 2 rings (SSSR count). The molecule has 0 radical (unpaired) electrons. The van der Waals surface area contributed by atoms with Crippen LogP contribution in [0.2, 0.25) is 5.02 Å². The van der Waals surface area contributed by atoms with Crippen LogP contribution in [0.5, 0.6) is 0 Å². The van der Waals surface area contributed by atoms with Crippen molar-refractivity contribution >= 4 is 49.1 Å². The van der Waals surface area contributed by atoms with E-state index in [0.717, 1.165) is 14.6 Å². The Bertz CT molecular complexity index is 604. The first-order valence-corrected chi connectivity index (χ1v) is 7.60. The summed E-state index contributed by atoms with van der Waals surface area (Å²) in [6.07, 6.45) is 0. The van der Waals surface area contributed by atoms with Crippen molar-refractivity contribution in [3.05, 3.63) is 61.7 Å². The van der Waals surface area contributed by atoms with Crippen molar-refractivity contribution in [2.45, 2.75) is 13.0 Å². The van der Waals surface area contributed by atoms with Gasteiger partial charge in [0.05, 0.1) is 16.8 Å². The van der Waals surface area contributed by atoms with Gasteiger partial charge in [0.2, 0.25) is 0 Å². The Kier molecular flexibility index (Phi) is 4.87.